The molecule has 0 fully saturated rings. The summed E-state index contributed by atoms with van der Waals surface area (Å²) in [6.45, 7) is 2.65. The molecule has 2 aromatic carbocycles. The molecule has 0 saturated carbocycles. The molecule has 0 unspecified atom stereocenters. The van der Waals surface area contributed by atoms with Crippen LogP contribution in [0.2, 0.25) is 0 Å². The van der Waals surface area contributed by atoms with Crippen LogP contribution < -0.4 is 4.90 Å². The highest BCUT2D eigenvalue weighted by molar-refractivity contribution is 7.98. The molecule has 20 heavy (non-hydrogen) atoms. The fourth-order valence-corrected chi connectivity index (χ4v) is 2.73. The summed E-state index contributed by atoms with van der Waals surface area (Å²) in [6, 6.07) is 14.4. The maximum Gasteiger partial charge on any atom is 0.125 e. The summed E-state index contributed by atoms with van der Waals surface area (Å²) in [5.41, 5.74) is 2.20. The third-order valence-electron chi connectivity index (χ3n) is 3.06. The van der Waals surface area contributed by atoms with E-state index in [0.29, 0.717) is 12.1 Å². The van der Waals surface area contributed by atoms with Crippen molar-refractivity contribution in [3.63, 3.8) is 0 Å². The molecule has 0 aliphatic carbocycles. The number of thioether (sulfide) groups is 1. The van der Waals surface area contributed by atoms with Gasteiger partial charge in [-0.05, 0) is 43.5 Å². The van der Waals surface area contributed by atoms with Crippen LogP contribution in [-0.4, -0.2) is 12.8 Å². The molecular weight excluding hydrogens is 271 g/mol. The van der Waals surface area contributed by atoms with Crippen LogP contribution in [0.5, 0.6) is 0 Å². The highest BCUT2D eigenvalue weighted by Gasteiger charge is 2.15. The van der Waals surface area contributed by atoms with Gasteiger partial charge in [-0.3, -0.25) is 0 Å². The highest BCUT2D eigenvalue weighted by Crippen LogP contribution is 2.33. The third kappa shape index (κ3) is 2.78. The lowest BCUT2D eigenvalue weighted by atomic mass is 10.1. The predicted octanol–water partition coefficient (Wildman–Crippen LogP) is 4.58. The lowest BCUT2D eigenvalue weighted by Gasteiger charge is -2.25. The molecule has 0 aliphatic rings. The van der Waals surface area contributed by atoms with Gasteiger partial charge in [-0.2, -0.15) is 5.26 Å². The molecule has 0 heterocycles. The van der Waals surface area contributed by atoms with E-state index in [1.54, 1.807) is 6.07 Å². The van der Waals surface area contributed by atoms with E-state index in [4.69, 9.17) is 0 Å². The van der Waals surface area contributed by atoms with Crippen LogP contribution in [0.15, 0.2) is 47.4 Å². The second-order valence-corrected chi connectivity index (χ2v) is 5.04. The van der Waals surface area contributed by atoms with Crippen molar-refractivity contribution in [3.8, 4) is 6.07 Å². The fourth-order valence-electron chi connectivity index (χ4n) is 2.16. The van der Waals surface area contributed by atoms with Crippen LogP contribution in [0.3, 0.4) is 0 Å². The Balaban J connectivity index is 2.56. The van der Waals surface area contributed by atoms with E-state index in [2.05, 4.69) is 6.07 Å². The SMILES string of the molecule is CCN(c1cccc(F)c1)c1cccc(SC)c1C#N. The van der Waals surface area contributed by atoms with Crippen molar-refractivity contribution >= 4 is 23.1 Å². The van der Waals surface area contributed by atoms with E-state index >= 15 is 0 Å². The van der Waals surface area contributed by atoms with Crippen LogP contribution in [0.25, 0.3) is 0 Å². The summed E-state index contributed by atoms with van der Waals surface area (Å²) in [7, 11) is 0. The zero-order valence-corrected chi connectivity index (χ0v) is 12.2. The molecule has 0 radical (unpaired) electrons. The Kier molecular flexibility index (Phi) is 4.65. The zero-order chi connectivity index (χ0) is 14.5. The van der Waals surface area contributed by atoms with Gasteiger partial charge in [0.25, 0.3) is 0 Å². The Morgan fingerprint density at radius 2 is 2.00 bits per heavy atom. The van der Waals surface area contributed by atoms with Crippen molar-refractivity contribution in [3.05, 3.63) is 53.8 Å². The molecule has 0 aromatic heterocycles. The molecule has 0 amide bonds. The normalized spacial score (nSPS) is 10.1. The Hall–Kier alpha value is -1.99. The van der Waals surface area contributed by atoms with Crippen molar-refractivity contribution in [1.82, 2.24) is 0 Å². The quantitative estimate of drug-likeness (QED) is 0.770. The molecule has 0 saturated heterocycles. The number of nitrogens with zero attached hydrogens (tertiary/aromatic N) is 2. The summed E-state index contributed by atoms with van der Waals surface area (Å²) in [4.78, 5) is 2.88. The van der Waals surface area contributed by atoms with Crippen molar-refractivity contribution in [2.75, 3.05) is 17.7 Å². The van der Waals surface area contributed by atoms with Gasteiger partial charge in [0, 0.05) is 17.1 Å². The van der Waals surface area contributed by atoms with E-state index in [1.165, 1.54) is 23.9 Å². The van der Waals surface area contributed by atoms with Gasteiger partial charge < -0.3 is 4.90 Å². The molecular formula is C16H15FN2S. The van der Waals surface area contributed by atoms with Crippen molar-refractivity contribution in [2.24, 2.45) is 0 Å². The summed E-state index contributed by atoms with van der Waals surface area (Å²) in [5.74, 6) is -0.277. The first kappa shape index (κ1) is 14.4. The number of benzene rings is 2. The van der Waals surface area contributed by atoms with Crippen molar-refractivity contribution < 1.29 is 4.39 Å². The van der Waals surface area contributed by atoms with E-state index in [1.807, 2.05) is 42.3 Å². The lowest BCUT2D eigenvalue weighted by Crippen LogP contribution is -2.17. The zero-order valence-electron chi connectivity index (χ0n) is 11.4. The standard InChI is InChI=1S/C16H15FN2S/c1-3-19(13-7-4-6-12(17)10-13)15-8-5-9-16(20-2)14(15)11-18/h4-10H,3H2,1-2H3. The van der Waals surface area contributed by atoms with Gasteiger partial charge in [0.1, 0.15) is 11.9 Å². The van der Waals surface area contributed by atoms with Gasteiger partial charge >= 0.3 is 0 Å². The van der Waals surface area contributed by atoms with E-state index < -0.39 is 0 Å². The maximum atomic E-state index is 13.4. The minimum atomic E-state index is -0.277. The Morgan fingerprint density at radius 1 is 1.25 bits per heavy atom. The van der Waals surface area contributed by atoms with Gasteiger partial charge in [-0.15, -0.1) is 11.8 Å². The Morgan fingerprint density at radius 3 is 2.60 bits per heavy atom. The molecule has 102 valence electrons. The Labute approximate surface area is 122 Å². The van der Waals surface area contributed by atoms with Crippen LogP contribution in [0, 0.1) is 17.1 Å². The molecule has 0 atom stereocenters. The van der Waals surface area contributed by atoms with Gasteiger partial charge in [0.2, 0.25) is 0 Å². The topological polar surface area (TPSA) is 27.0 Å². The van der Waals surface area contributed by atoms with E-state index in [9.17, 15) is 9.65 Å². The highest BCUT2D eigenvalue weighted by atomic mass is 32.2. The molecule has 4 heteroatoms. The fraction of sp³-hybridized carbons (Fsp3) is 0.188. The van der Waals surface area contributed by atoms with E-state index in [0.717, 1.165) is 16.3 Å². The lowest BCUT2D eigenvalue weighted by molar-refractivity contribution is 0.627. The molecule has 2 nitrogen and oxygen atoms in total. The Bertz CT molecular complexity index is 649. The monoisotopic (exact) mass is 286 g/mol. The number of nitriles is 1. The van der Waals surface area contributed by atoms with Crippen LogP contribution in [-0.2, 0) is 0 Å². The number of hydrogen-bond donors (Lipinski definition) is 0. The molecule has 0 aliphatic heterocycles. The average molecular weight is 286 g/mol. The van der Waals surface area contributed by atoms with Crippen molar-refractivity contribution in [2.45, 2.75) is 11.8 Å². The minimum absolute atomic E-state index is 0.277. The second kappa shape index (κ2) is 6.44. The first-order valence-electron chi connectivity index (χ1n) is 6.31. The summed E-state index contributed by atoms with van der Waals surface area (Å²) in [5, 5.41) is 9.41. The summed E-state index contributed by atoms with van der Waals surface area (Å²) >= 11 is 1.54. The molecule has 0 spiro atoms. The number of rotatable bonds is 4. The minimum Gasteiger partial charge on any atom is -0.341 e. The van der Waals surface area contributed by atoms with Gasteiger partial charge in [-0.25, -0.2) is 4.39 Å². The van der Waals surface area contributed by atoms with Crippen LogP contribution in [0.4, 0.5) is 15.8 Å². The van der Waals surface area contributed by atoms with Crippen LogP contribution >= 0.6 is 11.8 Å². The van der Waals surface area contributed by atoms with Crippen molar-refractivity contribution in [1.29, 1.82) is 5.26 Å². The third-order valence-corrected chi connectivity index (χ3v) is 3.84. The first-order valence-corrected chi connectivity index (χ1v) is 7.54. The summed E-state index contributed by atoms with van der Waals surface area (Å²) in [6.07, 6.45) is 1.94. The molecule has 0 bridgehead atoms. The van der Waals surface area contributed by atoms with Gasteiger partial charge in [0.05, 0.1) is 11.3 Å². The maximum absolute atomic E-state index is 13.4. The number of anilines is 2. The van der Waals surface area contributed by atoms with Gasteiger partial charge in [0.15, 0.2) is 0 Å². The average Bonchev–Trinajstić information content (AvgIpc) is 2.47. The molecule has 0 N–H and O–H groups in total. The largest absolute Gasteiger partial charge is 0.341 e. The predicted molar refractivity (Wildman–Crippen MR) is 82.0 cm³/mol. The second-order valence-electron chi connectivity index (χ2n) is 4.19. The summed E-state index contributed by atoms with van der Waals surface area (Å²) < 4.78 is 13.4. The smallest absolute Gasteiger partial charge is 0.125 e. The molecule has 2 rings (SSSR count). The number of halogens is 1. The van der Waals surface area contributed by atoms with Gasteiger partial charge in [-0.1, -0.05) is 12.1 Å². The van der Waals surface area contributed by atoms with E-state index in [-0.39, 0.29) is 5.82 Å². The number of hydrogen-bond acceptors (Lipinski definition) is 3. The van der Waals surface area contributed by atoms with Crippen LogP contribution in [0.1, 0.15) is 12.5 Å². The first-order chi connectivity index (χ1) is 9.71. The molecule has 2 aromatic rings.